The van der Waals surface area contributed by atoms with Crippen LogP contribution in [0.4, 0.5) is 0 Å². The molecule has 0 spiro atoms. The highest BCUT2D eigenvalue weighted by atomic mass is 32.2. The molecule has 1 atom stereocenters. The van der Waals surface area contributed by atoms with Crippen molar-refractivity contribution in [3.05, 3.63) is 0 Å². The van der Waals surface area contributed by atoms with Crippen LogP contribution in [-0.4, -0.2) is 49.1 Å². The monoisotopic (exact) mass is 168 g/mol. The van der Waals surface area contributed by atoms with Gasteiger partial charge in [0.2, 0.25) is 0 Å². The van der Waals surface area contributed by atoms with Crippen molar-refractivity contribution in [1.82, 2.24) is 4.90 Å². The number of aliphatic hydroxyl groups is 1. The molecule has 1 N–H and O–H groups in total. The molecule has 5 nitrogen and oxygen atoms in total. The van der Waals surface area contributed by atoms with Crippen LogP contribution in [-0.2, 0) is 10.1 Å². The Morgan fingerprint density at radius 2 is 2.00 bits per heavy atom. The van der Waals surface area contributed by atoms with E-state index in [9.17, 15) is 13.0 Å². The molecule has 0 aromatic carbocycles. The molecule has 0 heterocycles. The second-order valence-electron chi connectivity index (χ2n) is 2.21. The Kier molecular flexibility index (Phi) is 3.23. The van der Waals surface area contributed by atoms with Crippen LogP contribution in [0.2, 0.25) is 0 Å². The van der Waals surface area contributed by atoms with Crippen molar-refractivity contribution in [3.63, 3.8) is 0 Å². The molecular formula is C4H10NO4S-. The van der Waals surface area contributed by atoms with Gasteiger partial charge < -0.3 is 14.6 Å². The van der Waals surface area contributed by atoms with E-state index < -0.39 is 15.6 Å². The summed E-state index contributed by atoms with van der Waals surface area (Å²) in [5.41, 5.74) is -1.82. The first kappa shape index (κ1) is 9.83. The maximum absolute atomic E-state index is 10.0. The van der Waals surface area contributed by atoms with Crippen LogP contribution in [0.25, 0.3) is 0 Å². The third-order valence-corrected chi connectivity index (χ3v) is 1.67. The van der Waals surface area contributed by atoms with Crippen molar-refractivity contribution in [2.45, 2.75) is 5.44 Å². The molecule has 0 fully saturated rings. The minimum Gasteiger partial charge on any atom is -0.746 e. The second-order valence-corrected chi connectivity index (χ2v) is 3.74. The van der Waals surface area contributed by atoms with Crippen molar-refractivity contribution >= 4 is 10.1 Å². The zero-order chi connectivity index (χ0) is 8.36. The summed E-state index contributed by atoms with van der Waals surface area (Å²) in [6, 6.07) is 0. The number of hydrogen-bond donors (Lipinski definition) is 1. The quantitative estimate of drug-likeness (QED) is 0.514. The van der Waals surface area contributed by atoms with Gasteiger partial charge in [0, 0.05) is 6.54 Å². The maximum Gasteiger partial charge on any atom is 0.156 e. The van der Waals surface area contributed by atoms with Gasteiger partial charge in [-0.25, -0.2) is 8.42 Å². The van der Waals surface area contributed by atoms with Gasteiger partial charge in [-0.2, -0.15) is 0 Å². The van der Waals surface area contributed by atoms with Gasteiger partial charge in [0.15, 0.2) is 5.44 Å². The van der Waals surface area contributed by atoms with Gasteiger partial charge in [-0.3, -0.25) is 0 Å². The molecule has 0 rings (SSSR count). The molecule has 0 bridgehead atoms. The van der Waals surface area contributed by atoms with E-state index in [2.05, 4.69) is 0 Å². The lowest BCUT2D eigenvalue weighted by molar-refractivity contribution is 0.189. The van der Waals surface area contributed by atoms with Crippen LogP contribution in [0.1, 0.15) is 0 Å². The average molecular weight is 168 g/mol. The minimum atomic E-state index is -4.53. The number of aliphatic hydroxyl groups excluding tert-OH is 1. The van der Waals surface area contributed by atoms with Crippen molar-refractivity contribution in [2.24, 2.45) is 0 Å². The predicted octanol–water partition coefficient (Wildman–Crippen LogP) is -1.59. The summed E-state index contributed by atoms with van der Waals surface area (Å²) in [7, 11) is -1.41. The van der Waals surface area contributed by atoms with Crippen LogP contribution in [0.15, 0.2) is 0 Å². The zero-order valence-corrected chi connectivity index (χ0v) is 6.63. The molecule has 0 amide bonds. The lowest BCUT2D eigenvalue weighted by Crippen LogP contribution is -2.32. The molecule has 10 heavy (non-hydrogen) atoms. The molecule has 0 aromatic heterocycles. The summed E-state index contributed by atoms with van der Waals surface area (Å²) >= 11 is 0. The van der Waals surface area contributed by atoms with E-state index in [-0.39, 0.29) is 6.54 Å². The van der Waals surface area contributed by atoms with E-state index in [1.54, 1.807) is 14.1 Å². The number of hydrogen-bond acceptors (Lipinski definition) is 5. The Morgan fingerprint density at radius 1 is 1.60 bits per heavy atom. The number of rotatable bonds is 3. The van der Waals surface area contributed by atoms with Gasteiger partial charge in [-0.1, -0.05) is 0 Å². The van der Waals surface area contributed by atoms with E-state index in [0.29, 0.717) is 0 Å². The SMILES string of the molecule is CN(C)CC(O)S(=O)(=O)[O-]. The molecule has 0 saturated carbocycles. The highest BCUT2D eigenvalue weighted by molar-refractivity contribution is 7.86. The molecule has 1 unspecified atom stereocenters. The van der Waals surface area contributed by atoms with Crippen LogP contribution < -0.4 is 0 Å². The lowest BCUT2D eigenvalue weighted by atomic mass is 10.6. The fraction of sp³-hybridized carbons (Fsp3) is 1.00. The lowest BCUT2D eigenvalue weighted by Gasteiger charge is -2.18. The van der Waals surface area contributed by atoms with Gasteiger partial charge in [0.1, 0.15) is 10.1 Å². The van der Waals surface area contributed by atoms with Gasteiger partial charge in [-0.05, 0) is 14.1 Å². The van der Waals surface area contributed by atoms with Crippen LogP contribution in [0.3, 0.4) is 0 Å². The smallest absolute Gasteiger partial charge is 0.156 e. The van der Waals surface area contributed by atoms with Crippen LogP contribution >= 0.6 is 0 Å². The normalized spacial score (nSPS) is 15.7. The number of nitrogens with zero attached hydrogens (tertiary/aromatic N) is 1. The first-order valence-electron chi connectivity index (χ1n) is 2.61. The Morgan fingerprint density at radius 3 is 2.10 bits per heavy atom. The fourth-order valence-electron chi connectivity index (χ4n) is 0.404. The molecule has 0 aliphatic carbocycles. The second kappa shape index (κ2) is 3.29. The van der Waals surface area contributed by atoms with Gasteiger partial charge in [0.05, 0.1) is 0 Å². The van der Waals surface area contributed by atoms with E-state index in [4.69, 9.17) is 5.11 Å². The van der Waals surface area contributed by atoms with E-state index in [1.807, 2.05) is 0 Å². The molecule has 0 aromatic rings. The molecule has 0 radical (unpaired) electrons. The standard InChI is InChI=1S/C4H11NO4S/c1-5(2)3-4(6)10(7,8)9/h4,6H,3H2,1-2H3,(H,7,8,9)/p-1. The Hall–Kier alpha value is -0.170. The van der Waals surface area contributed by atoms with Gasteiger partial charge in [-0.15, -0.1) is 0 Å². The van der Waals surface area contributed by atoms with Crippen molar-refractivity contribution in [2.75, 3.05) is 20.6 Å². The van der Waals surface area contributed by atoms with E-state index in [1.165, 1.54) is 4.90 Å². The Labute approximate surface area is 60.0 Å². The molecule has 0 aliphatic rings. The molecule has 0 aliphatic heterocycles. The third kappa shape index (κ3) is 3.78. The number of likely N-dealkylation sites (N-methyl/N-ethyl adjacent to an activating group) is 1. The summed E-state index contributed by atoms with van der Waals surface area (Å²) in [5, 5.41) is 8.61. The first-order chi connectivity index (χ1) is 4.34. The largest absolute Gasteiger partial charge is 0.746 e. The summed E-state index contributed by atoms with van der Waals surface area (Å²) < 4.78 is 30.1. The van der Waals surface area contributed by atoms with E-state index in [0.717, 1.165) is 0 Å². The van der Waals surface area contributed by atoms with Gasteiger partial charge >= 0.3 is 0 Å². The maximum atomic E-state index is 10.0. The molecule has 0 saturated heterocycles. The van der Waals surface area contributed by atoms with E-state index >= 15 is 0 Å². The van der Waals surface area contributed by atoms with Crippen molar-refractivity contribution in [3.8, 4) is 0 Å². The summed E-state index contributed by atoms with van der Waals surface area (Å²) in [6.07, 6.45) is 0. The predicted molar refractivity (Wildman–Crippen MR) is 34.3 cm³/mol. The topological polar surface area (TPSA) is 80.7 Å². The average Bonchev–Trinajstić information content (AvgIpc) is 1.60. The molecule has 62 valence electrons. The highest BCUT2D eigenvalue weighted by Gasteiger charge is 2.11. The zero-order valence-electron chi connectivity index (χ0n) is 5.81. The fourth-order valence-corrected chi connectivity index (χ4v) is 0.884. The van der Waals surface area contributed by atoms with Crippen LogP contribution in [0.5, 0.6) is 0 Å². The summed E-state index contributed by atoms with van der Waals surface area (Å²) in [6.45, 7) is -0.161. The first-order valence-corrected chi connectivity index (χ1v) is 4.08. The minimum absolute atomic E-state index is 0.161. The van der Waals surface area contributed by atoms with Crippen molar-refractivity contribution < 1.29 is 18.1 Å². The third-order valence-electron chi connectivity index (χ3n) is 0.855. The Balaban J connectivity index is 3.99. The summed E-state index contributed by atoms with van der Waals surface area (Å²) in [4.78, 5) is 1.42. The van der Waals surface area contributed by atoms with Gasteiger partial charge in [0.25, 0.3) is 0 Å². The van der Waals surface area contributed by atoms with Crippen LogP contribution in [0, 0.1) is 0 Å². The molecule has 6 heteroatoms. The highest BCUT2D eigenvalue weighted by Crippen LogP contribution is 1.93. The Bertz CT molecular complexity index is 185. The van der Waals surface area contributed by atoms with Crippen molar-refractivity contribution in [1.29, 1.82) is 0 Å². The summed E-state index contributed by atoms with van der Waals surface area (Å²) in [5.74, 6) is 0. The molecular weight excluding hydrogens is 158 g/mol.